The predicted octanol–water partition coefficient (Wildman–Crippen LogP) is 2.09. The first kappa shape index (κ1) is 11.5. The van der Waals surface area contributed by atoms with Crippen LogP contribution in [0, 0.1) is 6.92 Å². The molecule has 0 saturated heterocycles. The second-order valence-corrected chi connectivity index (χ2v) is 4.09. The number of nitrogens with zero attached hydrogens (tertiary/aromatic N) is 2. The topological polar surface area (TPSA) is 38.0 Å². The molecule has 0 aliphatic rings. The zero-order valence-corrected chi connectivity index (χ0v) is 9.67. The Hall–Kier alpha value is -0.540. The van der Waals surface area contributed by atoms with E-state index in [9.17, 15) is 0 Å². The summed E-state index contributed by atoms with van der Waals surface area (Å²) in [5, 5.41) is 14.1. The molecule has 0 aliphatic heterocycles. The van der Waals surface area contributed by atoms with Crippen LogP contribution in [0.25, 0.3) is 0 Å². The van der Waals surface area contributed by atoms with E-state index in [2.05, 4.69) is 5.10 Å². The Labute approximate surface area is 89.7 Å². The normalized spacial score (nSPS) is 13.2. The van der Waals surface area contributed by atoms with Crippen molar-refractivity contribution in [1.82, 2.24) is 9.78 Å². The summed E-state index contributed by atoms with van der Waals surface area (Å²) in [6.45, 7) is 3.70. The van der Waals surface area contributed by atoms with Crippen molar-refractivity contribution in [2.45, 2.75) is 39.2 Å². The first-order chi connectivity index (χ1) is 6.52. The van der Waals surface area contributed by atoms with Crippen LogP contribution < -0.4 is 0 Å². The average Bonchev–Trinajstić information content (AvgIpc) is 2.31. The number of aromatic nitrogens is 2. The third-order valence-electron chi connectivity index (χ3n) is 2.30. The van der Waals surface area contributed by atoms with Gasteiger partial charge in [0.15, 0.2) is 0 Å². The number of rotatable bonds is 4. The van der Waals surface area contributed by atoms with E-state index < -0.39 is 0 Å². The van der Waals surface area contributed by atoms with E-state index in [1.54, 1.807) is 6.92 Å². The molecule has 1 N–H and O–H groups in total. The highest BCUT2D eigenvalue weighted by atomic mass is 35.5. The molecule has 1 aromatic rings. The Balaban J connectivity index is 2.58. The molecule has 0 bridgehead atoms. The maximum Gasteiger partial charge on any atom is 0.0846 e. The first-order valence-electron chi connectivity index (χ1n) is 4.88. The lowest BCUT2D eigenvalue weighted by molar-refractivity contribution is 0.181. The van der Waals surface area contributed by atoms with E-state index in [1.165, 1.54) is 0 Å². The molecule has 0 saturated carbocycles. The zero-order chi connectivity index (χ0) is 10.7. The van der Waals surface area contributed by atoms with Crippen LogP contribution in [0.3, 0.4) is 0 Å². The number of hydrogen-bond acceptors (Lipinski definition) is 2. The van der Waals surface area contributed by atoms with Gasteiger partial charge in [0.25, 0.3) is 0 Å². The van der Waals surface area contributed by atoms with Crippen LogP contribution in [0.15, 0.2) is 0 Å². The van der Waals surface area contributed by atoms with Crippen molar-refractivity contribution in [3.63, 3.8) is 0 Å². The van der Waals surface area contributed by atoms with Crippen molar-refractivity contribution in [1.29, 1.82) is 0 Å². The maximum atomic E-state index is 9.12. The molecule has 1 aromatic heterocycles. The zero-order valence-electron chi connectivity index (χ0n) is 8.92. The van der Waals surface area contributed by atoms with Gasteiger partial charge in [-0.1, -0.05) is 11.6 Å². The van der Waals surface area contributed by atoms with Crippen LogP contribution in [0.4, 0.5) is 0 Å². The number of aliphatic hydroxyl groups excluding tert-OH is 1. The lowest BCUT2D eigenvalue weighted by Crippen LogP contribution is -2.03. The molecule has 1 heterocycles. The summed E-state index contributed by atoms with van der Waals surface area (Å²) in [5.74, 6) is 0. The Morgan fingerprint density at radius 3 is 2.64 bits per heavy atom. The molecule has 4 heteroatoms. The average molecular weight is 217 g/mol. The van der Waals surface area contributed by atoms with Crippen LogP contribution in [0.2, 0.25) is 5.02 Å². The van der Waals surface area contributed by atoms with Gasteiger partial charge in [-0.2, -0.15) is 5.10 Å². The molecular weight excluding hydrogens is 200 g/mol. The Morgan fingerprint density at radius 2 is 2.21 bits per heavy atom. The van der Waals surface area contributed by atoms with E-state index in [-0.39, 0.29) is 6.10 Å². The van der Waals surface area contributed by atoms with Gasteiger partial charge in [-0.05, 0) is 33.1 Å². The number of aryl methyl sites for hydroxylation is 2. The summed E-state index contributed by atoms with van der Waals surface area (Å²) in [5.41, 5.74) is 1.94. The minimum Gasteiger partial charge on any atom is -0.393 e. The van der Waals surface area contributed by atoms with E-state index in [0.717, 1.165) is 35.7 Å². The number of halogens is 1. The van der Waals surface area contributed by atoms with E-state index in [4.69, 9.17) is 16.7 Å². The van der Waals surface area contributed by atoms with Crippen molar-refractivity contribution >= 4 is 11.6 Å². The first-order valence-corrected chi connectivity index (χ1v) is 5.26. The number of aliphatic hydroxyl groups is 1. The lowest BCUT2D eigenvalue weighted by atomic mass is 10.1. The van der Waals surface area contributed by atoms with E-state index in [0.29, 0.717) is 0 Å². The molecule has 0 spiro atoms. The van der Waals surface area contributed by atoms with Crippen LogP contribution >= 0.6 is 11.6 Å². The van der Waals surface area contributed by atoms with Crippen LogP contribution in [0.5, 0.6) is 0 Å². The highest BCUT2D eigenvalue weighted by molar-refractivity contribution is 6.31. The molecule has 0 aliphatic carbocycles. The largest absolute Gasteiger partial charge is 0.393 e. The minimum absolute atomic E-state index is 0.233. The summed E-state index contributed by atoms with van der Waals surface area (Å²) < 4.78 is 1.82. The molecule has 80 valence electrons. The highest BCUT2D eigenvalue weighted by Crippen LogP contribution is 2.21. The molecule has 0 aromatic carbocycles. The van der Waals surface area contributed by atoms with Crippen molar-refractivity contribution in [2.75, 3.05) is 0 Å². The SMILES string of the molecule is Cc1nn(C)c(CCCC(C)O)c1Cl. The predicted molar refractivity (Wildman–Crippen MR) is 57.6 cm³/mol. The van der Waals surface area contributed by atoms with Gasteiger partial charge in [-0.3, -0.25) is 4.68 Å². The quantitative estimate of drug-likeness (QED) is 0.837. The fourth-order valence-corrected chi connectivity index (χ4v) is 1.77. The number of hydrogen-bond donors (Lipinski definition) is 1. The van der Waals surface area contributed by atoms with Crippen molar-refractivity contribution in [3.05, 3.63) is 16.4 Å². The van der Waals surface area contributed by atoms with Gasteiger partial charge in [0.2, 0.25) is 0 Å². The van der Waals surface area contributed by atoms with Crippen LogP contribution in [-0.4, -0.2) is 21.0 Å². The summed E-state index contributed by atoms with van der Waals surface area (Å²) in [7, 11) is 1.90. The molecule has 14 heavy (non-hydrogen) atoms. The highest BCUT2D eigenvalue weighted by Gasteiger charge is 2.10. The molecule has 0 amide bonds. The van der Waals surface area contributed by atoms with E-state index in [1.807, 2.05) is 18.7 Å². The second kappa shape index (κ2) is 4.80. The van der Waals surface area contributed by atoms with Crippen LogP contribution in [-0.2, 0) is 13.5 Å². The Kier molecular flexibility index (Phi) is 3.96. The van der Waals surface area contributed by atoms with Crippen LogP contribution in [0.1, 0.15) is 31.2 Å². The molecule has 0 fully saturated rings. The fraction of sp³-hybridized carbons (Fsp3) is 0.700. The van der Waals surface area contributed by atoms with Gasteiger partial charge in [0.05, 0.1) is 22.5 Å². The maximum absolute atomic E-state index is 9.12. The third-order valence-corrected chi connectivity index (χ3v) is 2.79. The van der Waals surface area contributed by atoms with Gasteiger partial charge in [-0.15, -0.1) is 0 Å². The molecule has 0 radical (unpaired) electrons. The standard InChI is InChI=1S/C10H17ClN2O/c1-7(14)5-4-6-9-10(11)8(2)12-13(9)3/h7,14H,4-6H2,1-3H3. The van der Waals surface area contributed by atoms with Gasteiger partial charge in [0.1, 0.15) is 0 Å². The van der Waals surface area contributed by atoms with Gasteiger partial charge < -0.3 is 5.11 Å². The lowest BCUT2D eigenvalue weighted by Gasteiger charge is -2.04. The summed E-state index contributed by atoms with van der Waals surface area (Å²) in [6.07, 6.45) is 2.39. The van der Waals surface area contributed by atoms with Gasteiger partial charge >= 0.3 is 0 Å². The summed E-state index contributed by atoms with van der Waals surface area (Å²) >= 11 is 6.08. The van der Waals surface area contributed by atoms with Crippen molar-refractivity contribution in [2.24, 2.45) is 7.05 Å². The molecule has 1 rings (SSSR count). The summed E-state index contributed by atoms with van der Waals surface area (Å²) in [6, 6.07) is 0. The fourth-order valence-electron chi connectivity index (χ4n) is 1.52. The minimum atomic E-state index is -0.233. The van der Waals surface area contributed by atoms with Crippen molar-refractivity contribution < 1.29 is 5.11 Å². The summed E-state index contributed by atoms with van der Waals surface area (Å²) in [4.78, 5) is 0. The Bertz CT molecular complexity index is 307. The molecule has 1 atom stereocenters. The van der Waals surface area contributed by atoms with Crippen molar-refractivity contribution in [3.8, 4) is 0 Å². The molecule has 3 nitrogen and oxygen atoms in total. The van der Waals surface area contributed by atoms with E-state index >= 15 is 0 Å². The van der Waals surface area contributed by atoms with Gasteiger partial charge in [0, 0.05) is 7.05 Å². The monoisotopic (exact) mass is 216 g/mol. The second-order valence-electron chi connectivity index (χ2n) is 3.71. The van der Waals surface area contributed by atoms with Gasteiger partial charge in [-0.25, -0.2) is 0 Å². The Morgan fingerprint density at radius 1 is 1.57 bits per heavy atom. The molecular formula is C10H17ClN2O. The third kappa shape index (κ3) is 2.72. The smallest absolute Gasteiger partial charge is 0.0846 e. The molecule has 1 unspecified atom stereocenters.